The summed E-state index contributed by atoms with van der Waals surface area (Å²) >= 11 is 0. The first-order valence-corrected chi connectivity index (χ1v) is 9.07. The zero-order chi connectivity index (χ0) is 17.9. The summed E-state index contributed by atoms with van der Waals surface area (Å²) in [6, 6.07) is 9.55. The first-order chi connectivity index (χ1) is 12.7. The van der Waals surface area contributed by atoms with Crippen LogP contribution in [0.3, 0.4) is 0 Å². The molecule has 1 amide bonds. The van der Waals surface area contributed by atoms with Gasteiger partial charge in [-0.15, -0.1) is 0 Å². The Balaban J connectivity index is 1.53. The van der Waals surface area contributed by atoms with E-state index in [1.807, 2.05) is 60.9 Å². The maximum absolute atomic E-state index is 13.2. The summed E-state index contributed by atoms with van der Waals surface area (Å²) in [7, 11) is 2.02. The number of carbonyl (C=O) groups is 1. The number of hydrogen-bond acceptors (Lipinski definition) is 3. The molecule has 0 bridgehead atoms. The highest BCUT2D eigenvalue weighted by Crippen LogP contribution is 2.23. The maximum atomic E-state index is 13.2. The average Bonchev–Trinajstić information content (AvgIpc) is 3.34. The van der Waals surface area contributed by atoms with E-state index in [4.69, 9.17) is 0 Å². The lowest BCUT2D eigenvalue weighted by Crippen LogP contribution is -2.41. The van der Waals surface area contributed by atoms with E-state index >= 15 is 0 Å². The molecule has 1 aromatic carbocycles. The fourth-order valence-corrected chi connectivity index (χ4v) is 3.70. The molecule has 0 spiro atoms. The van der Waals surface area contributed by atoms with Crippen LogP contribution in [-0.4, -0.2) is 43.2 Å². The monoisotopic (exact) mass is 349 g/mol. The Morgan fingerprint density at radius 2 is 2.08 bits per heavy atom. The Morgan fingerprint density at radius 3 is 2.85 bits per heavy atom. The van der Waals surface area contributed by atoms with Gasteiger partial charge in [0.15, 0.2) is 0 Å². The molecule has 1 aliphatic rings. The van der Waals surface area contributed by atoms with Crippen molar-refractivity contribution in [1.29, 1.82) is 0 Å². The maximum Gasteiger partial charge on any atom is 0.256 e. The average molecular weight is 349 g/mol. The van der Waals surface area contributed by atoms with Crippen molar-refractivity contribution in [3.63, 3.8) is 0 Å². The van der Waals surface area contributed by atoms with Crippen molar-refractivity contribution >= 4 is 5.91 Å². The molecular formula is C20H23N5O. The number of aryl methyl sites for hydroxylation is 1. The molecule has 1 aliphatic heterocycles. The SMILES string of the molecule is Cn1ccnc1C[C@@H]1CCCN(C(=O)c2ccccc2-n2cccn2)C1. The second-order valence-electron chi connectivity index (χ2n) is 6.89. The molecular weight excluding hydrogens is 326 g/mol. The van der Waals surface area contributed by atoms with E-state index in [2.05, 4.69) is 14.6 Å². The molecule has 0 radical (unpaired) electrons. The van der Waals surface area contributed by atoms with Crippen LogP contribution in [0.2, 0.25) is 0 Å². The Hall–Kier alpha value is -2.89. The summed E-state index contributed by atoms with van der Waals surface area (Å²) in [4.78, 5) is 19.6. The molecule has 2 aromatic heterocycles. The Kier molecular flexibility index (Phi) is 4.56. The van der Waals surface area contributed by atoms with Crippen LogP contribution >= 0.6 is 0 Å². The van der Waals surface area contributed by atoms with Gasteiger partial charge in [-0.3, -0.25) is 4.79 Å². The highest BCUT2D eigenvalue weighted by molar-refractivity contribution is 5.97. The number of likely N-dealkylation sites (tertiary alicyclic amines) is 1. The highest BCUT2D eigenvalue weighted by atomic mass is 16.2. The van der Waals surface area contributed by atoms with Crippen molar-refractivity contribution in [3.05, 3.63) is 66.5 Å². The standard InChI is InChI=1S/C20H23N5O/c1-23-13-10-21-19(23)14-16-6-4-11-24(15-16)20(26)17-7-2-3-8-18(17)25-12-5-9-22-25/h2-3,5,7-10,12-13,16H,4,6,11,14-15H2,1H3/t16-/m0/s1. The number of aromatic nitrogens is 4. The Labute approximate surface area is 153 Å². The van der Waals surface area contributed by atoms with Crippen LogP contribution in [0.25, 0.3) is 5.69 Å². The first kappa shape index (κ1) is 16.6. The summed E-state index contributed by atoms with van der Waals surface area (Å²) in [6.07, 6.45) is 10.5. The van der Waals surface area contributed by atoms with Crippen LogP contribution < -0.4 is 0 Å². The Bertz CT molecular complexity index is 883. The smallest absolute Gasteiger partial charge is 0.256 e. The molecule has 4 rings (SSSR count). The van der Waals surface area contributed by atoms with E-state index in [0.29, 0.717) is 11.5 Å². The van der Waals surface area contributed by atoms with Crippen LogP contribution in [0, 0.1) is 5.92 Å². The van der Waals surface area contributed by atoms with Crippen LogP contribution in [0.5, 0.6) is 0 Å². The van der Waals surface area contributed by atoms with Crippen molar-refractivity contribution in [2.75, 3.05) is 13.1 Å². The second kappa shape index (κ2) is 7.15. The quantitative estimate of drug-likeness (QED) is 0.728. The number of rotatable bonds is 4. The number of benzene rings is 1. The van der Waals surface area contributed by atoms with Gasteiger partial charge in [-0.2, -0.15) is 5.10 Å². The number of imidazole rings is 1. The number of amides is 1. The van der Waals surface area contributed by atoms with Crippen LogP contribution in [0.4, 0.5) is 0 Å². The third-order valence-corrected chi connectivity index (χ3v) is 5.08. The minimum atomic E-state index is 0.0839. The van der Waals surface area contributed by atoms with Crippen molar-refractivity contribution in [2.45, 2.75) is 19.3 Å². The minimum Gasteiger partial charge on any atom is -0.338 e. The molecule has 0 N–H and O–H groups in total. The van der Waals surface area contributed by atoms with Gasteiger partial charge in [-0.1, -0.05) is 12.1 Å². The number of carbonyl (C=O) groups excluding carboxylic acids is 1. The summed E-state index contributed by atoms with van der Waals surface area (Å²) < 4.78 is 3.82. The van der Waals surface area contributed by atoms with Gasteiger partial charge >= 0.3 is 0 Å². The molecule has 0 saturated carbocycles. The van der Waals surface area contributed by atoms with Gasteiger partial charge in [0.25, 0.3) is 5.91 Å². The Morgan fingerprint density at radius 1 is 1.19 bits per heavy atom. The zero-order valence-electron chi connectivity index (χ0n) is 15.0. The predicted octanol–water partition coefficient (Wildman–Crippen LogP) is 2.70. The van der Waals surface area contributed by atoms with Crippen LogP contribution in [-0.2, 0) is 13.5 Å². The molecule has 1 atom stereocenters. The van der Waals surface area contributed by atoms with E-state index in [-0.39, 0.29) is 5.91 Å². The van der Waals surface area contributed by atoms with Gasteiger partial charge in [0, 0.05) is 51.3 Å². The number of nitrogens with zero attached hydrogens (tertiary/aromatic N) is 5. The predicted molar refractivity (Wildman–Crippen MR) is 99.1 cm³/mol. The van der Waals surface area contributed by atoms with Gasteiger partial charge < -0.3 is 9.47 Å². The molecule has 134 valence electrons. The minimum absolute atomic E-state index is 0.0839. The normalized spacial score (nSPS) is 17.4. The van der Waals surface area contributed by atoms with Gasteiger partial charge in [-0.25, -0.2) is 9.67 Å². The lowest BCUT2D eigenvalue weighted by Gasteiger charge is -2.33. The van der Waals surface area contributed by atoms with Crippen molar-refractivity contribution < 1.29 is 4.79 Å². The molecule has 6 nitrogen and oxygen atoms in total. The fourth-order valence-electron chi connectivity index (χ4n) is 3.70. The number of hydrogen-bond donors (Lipinski definition) is 0. The van der Waals surface area contributed by atoms with Crippen LogP contribution in [0.1, 0.15) is 29.0 Å². The largest absolute Gasteiger partial charge is 0.338 e. The van der Waals surface area contributed by atoms with E-state index < -0.39 is 0 Å². The topological polar surface area (TPSA) is 56.0 Å². The summed E-state index contributed by atoms with van der Waals surface area (Å²) in [5.74, 6) is 1.62. The summed E-state index contributed by atoms with van der Waals surface area (Å²) in [6.45, 7) is 1.59. The van der Waals surface area contributed by atoms with E-state index in [9.17, 15) is 4.79 Å². The molecule has 3 aromatic rings. The molecule has 3 heterocycles. The molecule has 0 unspecified atom stereocenters. The lowest BCUT2D eigenvalue weighted by molar-refractivity contribution is 0.0671. The van der Waals surface area contributed by atoms with Crippen LogP contribution in [0.15, 0.2) is 55.1 Å². The third-order valence-electron chi connectivity index (χ3n) is 5.08. The third kappa shape index (κ3) is 3.27. The molecule has 1 saturated heterocycles. The summed E-state index contributed by atoms with van der Waals surface area (Å²) in [5.41, 5.74) is 1.53. The van der Waals surface area contributed by atoms with Crippen molar-refractivity contribution in [2.24, 2.45) is 13.0 Å². The molecule has 26 heavy (non-hydrogen) atoms. The van der Waals surface area contributed by atoms with Gasteiger partial charge in [0.2, 0.25) is 0 Å². The fraction of sp³-hybridized carbons (Fsp3) is 0.350. The van der Waals surface area contributed by atoms with Gasteiger partial charge in [0.1, 0.15) is 5.82 Å². The first-order valence-electron chi connectivity index (χ1n) is 9.07. The zero-order valence-corrected chi connectivity index (χ0v) is 15.0. The lowest BCUT2D eigenvalue weighted by atomic mass is 9.94. The number of piperidine rings is 1. The highest BCUT2D eigenvalue weighted by Gasteiger charge is 2.27. The molecule has 1 fully saturated rings. The van der Waals surface area contributed by atoms with Gasteiger partial charge in [-0.05, 0) is 37.0 Å². The van der Waals surface area contributed by atoms with Crippen molar-refractivity contribution in [3.8, 4) is 5.69 Å². The van der Waals surface area contributed by atoms with Gasteiger partial charge in [0.05, 0.1) is 11.3 Å². The second-order valence-corrected chi connectivity index (χ2v) is 6.89. The van der Waals surface area contributed by atoms with Crippen molar-refractivity contribution in [1.82, 2.24) is 24.2 Å². The van der Waals surface area contributed by atoms with E-state index in [1.165, 1.54) is 0 Å². The molecule has 6 heteroatoms. The summed E-state index contributed by atoms with van der Waals surface area (Å²) in [5, 5.41) is 4.28. The number of para-hydroxylation sites is 1. The van der Waals surface area contributed by atoms with E-state index in [1.54, 1.807) is 10.9 Å². The van der Waals surface area contributed by atoms with E-state index in [0.717, 1.165) is 43.9 Å². The molecule has 0 aliphatic carbocycles.